The molecule has 2 aromatic carbocycles. The SMILES string of the molecule is Cc1ccc2c(c1)c(C(=O)N1CCN(c3ccc(C(=O)NCc4cnc(C)cn4)cn3)CC1)c(-c1ccccc1)n2C.Cl.Cl. The highest BCUT2D eigenvalue weighted by Crippen LogP contribution is 2.35. The molecule has 6 rings (SSSR count). The van der Waals surface area contributed by atoms with Crippen molar-refractivity contribution in [2.45, 2.75) is 20.4 Å². The standard InChI is InChI=1S/C33H33N7O2.2ClH/c1-22-9-11-28-27(17-22)30(31(38(28)3)24-7-5-4-6-8-24)33(42)40-15-13-39(14-16-40)29-12-10-25(19-36-29)32(41)37-21-26-20-34-23(2)18-35-26;;/h4-12,17-20H,13-16,21H2,1-3H3,(H,37,41);2*1H. The van der Waals surface area contributed by atoms with Crippen LogP contribution in [0.5, 0.6) is 0 Å². The van der Waals surface area contributed by atoms with E-state index in [1.165, 1.54) is 0 Å². The second-order valence-corrected chi connectivity index (χ2v) is 10.7. The fraction of sp³-hybridized carbons (Fsp3) is 0.242. The van der Waals surface area contributed by atoms with Crippen LogP contribution in [0.4, 0.5) is 5.82 Å². The zero-order chi connectivity index (χ0) is 29.2. The Bertz CT molecular complexity index is 1750. The third-order valence-corrected chi connectivity index (χ3v) is 7.78. The molecular formula is C33H35Cl2N7O2. The molecule has 44 heavy (non-hydrogen) atoms. The van der Waals surface area contributed by atoms with E-state index in [0.29, 0.717) is 44.0 Å². The first-order chi connectivity index (χ1) is 20.4. The number of rotatable bonds is 6. The van der Waals surface area contributed by atoms with Gasteiger partial charge >= 0.3 is 0 Å². The van der Waals surface area contributed by atoms with E-state index in [1.54, 1.807) is 24.7 Å². The van der Waals surface area contributed by atoms with Crippen LogP contribution in [0, 0.1) is 13.8 Å². The van der Waals surface area contributed by atoms with Crippen LogP contribution < -0.4 is 10.2 Å². The van der Waals surface area contributed by atoms with E-state index in [4.69, 9.17) is 0 Å². The van der Waals surface area contributed by atoms with E-state index >= 15 is 0 Å². The molecule has 0 aliphatic carbocycles. The minimum atomic E-state index is -0.216. The Hall–Kier alpha value is -4.47. The van der Waals surface area contributed by atoms with Crippen molar-refractivity contribution in [3.63, 3.8) is 0 Å². The molecule has 4 heterocycles. The molecule has 2 amide bonds. The minimum absolute atomic E-state index is 0. The van der Waals surface area contributed by atoms with Gasteiger partial charge in [-0.1, -0.05) is 42.0 Å². The first kappa shape index (κ1) is 32.4. The minimum Gasteiger partial charge on any atom is -0.353 e. The highest BCUT2D eigenvalue weighted by atomic mass is 35.5. The molecule has 1 fully saturated rings. The van der Waals surface area contributed by atoms with Gasteiger partial charge in [0.25, 0.3) is 11.8 Å². The smallest absolute Gasteiger partial charge is 0.256 e. The molecule has 5 aromatic rings. The van der Waals surface area contributed by atoms with Crippen molar-refractivity contribution in [1.29, 1.82) is 0 Å². The van der Waals surface area contributed by atoms with Crippen molar-refractivity contribution in [2.24, 2.45) is 7.05 Å². The van der Waals surface area contributed by atoms with Gasteiger partial charge < -0.3 is 19.7 Å². The van der Waals surface area contributed by atoms with Crippen LogP contribution >= 0.6 is 24.8 Å². The van der Waals surface area contributed by atoms with Crippen LogP contribution in [-0.2, 0) is 13.6 Å². The average Bonchev–Trinajstić information content (AvgIpc) is 3.31. The van der Waals surface area contributed by atoms with E-state index in [9.17, 15) is 9.59 Å². The number of hydrogen-bond donors (Lipinski definition) is 1. The lowest BCUT2D eigenvalue weighted by Crippen LogP contribution is -2.49. The second kappa shape index (κ2) is 13.9. The number of fused-ring (bicyclic) bond motifs is 1. The topological polar surface area (TPSA) is 96.2 Å². The summed E-state index contributed by atoms with van der Waals surface area (Å²) in [5, 5.41) is 3.84. The van der Waals surface area contributed by atoms with Gasteiger partial charge in [-0.15, -0.1) is 24.8 Å². The zero-order valence-corrected chi connectivity index (χ0v) is 26.5. The number of amides is 2. The molecule has 9 nitrogen and oxygen atoms in total. The lowest BCUT2D eigenvalue weighted by Gasteiger charge is -2.35. The van der Waals surface area contributed by atoms with Crippen LogP contribution in [-0.4, -0.2) is 62.4 Å². The first-order valence-corrected chi connectivity index (χ1v) is 14.1. The molecule has 0 saturated carbocycles. The summed E-state index contributed by atoms with van der Waals surface area (Å²) in [6.45, 7) is 6.69. The van der Waals surface area contributed by atoms with Gasteiger partial charge in [0.15, 0.2) is 0 Å². The Morgan fingerprint density at radius 3 is 2.25 bits per heavy atom. The maximum absolute atomic E-state index is 14.1. The maximum atomic E-state index is 14.1. The lowest BCUT2D eigenvalue weighted by molar-refractivity contribution is 0.0748. The van der Waals surface area contributed by atoms with Crippen LogP contribution in [0.3, 0.4) is 0 Å². The van der Waals surface area contributed by atoms with E-state index < -0.39 is 0 Å². The summed E-state index contributed by atoms with van der Waals surface area (Å²) >= 11 is 0. The molecule has 1 aliphatic rings. The van der Waals surface area contributed by atoms with Crippen molar-refractivity contribution >= 4 is 53.3 Å². The molecule has 1 N–H and O–H groups in total. The number of nitrogens with one attached hydrogen (secondary N) is 1. The summed E-state index contributed by atoms with van der Waals surface area (Å²) in [6, 6.07) is 20.1. The Balaban J connectivity index is 0.00000221. The van der Waals surface area contributed by atoms with E-state index in [0.717, 1.165) is 44.8 Å². The largest absolute Gasteiger partial charge is 0.353 e. The summed E-state index contributed by atoms with van der Waals surface area (Å²) in [6.07, 6.45) is 4.93. The van der Waals surface area contributed by atoms with Crippen LogP contribution in [0.2, 0.25) is 0 Å². The van der Waals surface area contributed by atoms with Crippen molar-refractivity contribution in [2.75, 3.05) is 31.1 Å². The summed E-state index contributed by atoms with van der Waals surface area (Å²) in [7, 11) is 2.03. The van der Waals surface area contributed by atoms with Crippen LogP contribution in [0.25, 0.3) is 22.2 Å². The second-order valence-electron chi connectivity index (χ2n) is 10.7. The van der Waals surface area contributed by atoms with E-state index in [-0.39, 0.29) is 36.6 Å². The maximum Gasteiger partial charge on any atom is 0.256 e. The van der Waals surface area contributed by atoms with Gasteiger partial charge in [-0.05, 0) is 43.7 Å². The van der Waals surface area contributed by atoms with Crippen molar-refractivity contribution in [3.05, 3.63) is 107 Å². The molecule has 1 saturated heterocycles. The predicted octanol–water partition coefficient (Wildman–Crippen LogP) is 5.38. The third-order valence-electron chi connectivity index (χ3n) is 7.78. The summed E-state index contributed by atoms with van der Waals surface area (Å²) in [5.74, 6) is 0.614. The fourth-order valence-electron chi connectivity index (χ4n) is 5.50. The molecule has 0 atom stereocenters. The quantitative estimate of drug-likeness (QED) is 0.270. The molecular weight excluding hydrogens is 597 g/mol. The number of carbonyl (C=O) groups excluding carboxylic acids is 2. The fourth-order valence-corrected chi connectivity index (χ4v) is 5.50. The number of anilines is 1. The molecule has 1 aliphatic heterocycles. The molecule has 0 radical (unpaired) electrons. The third kappa shape index (κ3) is 6.54. The number of nitrogens with zero attached hydrogens (tertiary/aromatic N) is 6. The van der Waals surface area contributed by atoms with Crippen LogP contribution in [0.15, 0.2) is 79.3 Å². The number of piperazine rings is 1. The Labute approximate surface area is 269 Å². The number of hydrogen-bond acceptors (Lipinski definition) is 6. The normalized spacial score (nSPS) is 12.8. The van der Waals surface area contributed by atoms with Crippen LogP contribution in [0.1, 0.15) is 37.7 Å². The van der Waals surface area contributed by atoms with Crippen molar-refractivity contribution in [1.82, 2.24) is 29.7 Å². The van der Waals surface area contributed by atoms with E-state index in [1.807, 2.05) is 43.1 Å². The first-order valence-electron chi connectivity index (χ1n) is 14.1. The Morgan fingerprint density at radius 1 is 0.841 bits per heavy atom. The van der Waals surface area contributed by atoms with Gasteiger partial charge in [-0.25, -0.2) is 4.98 Å². The van der Waals surface area contributed by atoms with Gasteiger partial charge in [0.1, 0.15) is 5.82 Å². The zero-order valence-electron chi connectivity index (χ0n) is 24.9. The summed E-state index contributed by atoms with van der Waals surface area (Å²) in [5.41, 5.74) is 6.88. The monoisotopic (exact) mass is 631 g/mol. The Morgan fingerprint density at radius 2 is 1.59 bits per heavy atom. The van der Waals surface area contributed by atoms with Gasteiger partial charge in [-0.2, -0.15) is 0 Å². The molecule has 228 valence electrons. The Kier molecular flexibility index (Phi) is 10.2. The lowest BCUT2D eigenvalue weighted by atomic mass is 10.0. The molecule has 0 bridgehead atoms. The molecule has 0 unspecified atom stereocenters. The molecule has 3 aromatic heterocycles. The number of halogens is 2. The van der Waals surface area contributed by atoms with Crippen molar-refractivity contribution < 1.29 is 9.59 Å². The number of aryl methyl sites for hydroxylation is 3. The highest BCUT2D eigenvalue weighted by Gasteiger charge is 2.29. The predicted molar refractivity (Wildman–Crippen MR) is 178 cm³/mol. The molecule has 11 heteroatoms. The highest BCUT2D eigenvalue weighted by molar-refractivity contribution is 6.13. The van der Waals surface area contributed by atoms with Gasteiger partial charge in [0.2, 0.25) is 0 Å². The van der Waals surface area contributed by atoms with Gasteiger partial charge in [0.05, 0.1) is 41.0 Å². The molecule has 0 spiro atoms. The number of pyridine rings is 1. The summed E-state index contributed by atoms with van der Waals surface area (Å²) < 4.78 is 2.13. The average molecular weight is 633 g/mol. The summed E-state index contributed by atoms with van der Waals surface area (Å²) in [4.78, 5) is 43.8. The van der Waals surface area contributed by atoms with Gasteiger partial charge in [-0.3, -0.25) is 19.6 Å². The van der Waals surface area contributed by atoms with E-state index in [2.05, 4.69) is 67.0 Å². The number of benzene rings is 2. The number of carbonyl (C=O) groups is 2. The van der Waals surface area contributed by atoms with Gasteiger partial charge in [0, 0.05) is 56.5 Å². The number of aromatic nitrogens is 4. The van der Waals surface area contributed by atoms with Crippen molar-refractivity contribution in [3.8, 4) is 11.3 Å².